The third-order valence-electron chi connectivity index (χ3n) is 3.74. The second kappa shape index (κ2) is 6.44. The molecule has 112 valence electrons. The van der Waals surface area contributed by atoms with E-state index in [9.17, 15) is 4.79 Å². The molecule has 0 bridgehead atoms. The number of pyridine rings is 2. The molecule has 0 radical (unpaired) electrons. The van der Waals surface area contributed by atoms with E-state index >= 15 is 0 Å². The third-order valence-corrected chi connectivity index (χ3v) is 4.23. The number of halogens is 1. The highest BCUT2D eigenvalue weighted by molar-refractivity contribution is 9.10. The van der Waals surface area contributed by atoms with Gasteiger partial charge < -0.3 is 0 Å². The van der Waals surface area contributed by atoms with Crippen LogP contribution >= 0.6 is 15.9 Å². The minimum atomic E-state index is 0.00891. The molecule has 0 aliphatic carbocycles. The van der Waals surface area contributed by atoms with Crippen molar-refractivity contribution in [3.8, 4) is 11.1 Å². The molecule has 0 aliphatic heterocycles. The fourth-order valence-corrected chi connectivity index (χ4v) is 3.03. The first-order valence-corrected chi connectivity index (χ1v) is 8.24. The van der Waals surface area contributed by atoms with Gasteiger partial charge in [-0.15, -0.1) is 0 Å². The molecule has 22 heavy (non-hydrogen) atoms. The average molecular weight is 357 g/mol. The SMILES string of the molecule is CCCCn1c(=O)cc(-c2cccc(Br)c2)c2cccnc21. The number of unbranched alkanes of at least 4 members (excludes halogenated alkanes) is 1. The quantitative estimate of drug-likeness (QED) is 0.683. The van der Waals surface area contributed by atoms with Crippen molar-refractivity contribution in [3.05, 3.63) is 63.5 Å². The molecule has 2 aromatic heterocycles. The molecule has 0 fully saturated rings. The van der Waals surface area contributed by atoms with Gasteiger partial charge in [0.25, 0.3) is 5.56 Å². The lowest BCUT2D eigenvalue weighted by molar-refractivity contribution is 0.627. The van der Waals surface area contributed by atoms with E-state index in [0.29, 0.717) is 6.54 Å². The van der Waals surface area contributed by atoms with Gasteiger partial charge in [0.2, 0.25) is 0 Å². The highest BCUT2D eigenvalue weighted by atomic mass is 79.9. The summed E-state index contributed by atoms with van der Waals surface area (Å²) in [5, 5.41) is 1.01. The number of hydrogen-bond acceptors (Lipinski definition) is 2. The number of nitrogens with zero attached hydrogens (tertiary/aromatic N) is 2. The zero-order chi connectivity index (χ0) is 15.5. The third kappa shape index (κ3) is 2.83. The molecular formula is C18H17BrN2O. The predicted molar refractivity (Wildman–Crippen MR) is 94.0 cm³/mol. The van der Waals surface area contributed by atoms with E-state index in [-0.39, 0.29) is 5.56 Å². The van der Waals surface area contributed by atoms with E-state index in [1.165, 1.54) is 0 Å². The molecule has 3 rings (SSSR count). The number of rotatable bonds is 4. The Labute approximate surface area is 137 Å². The van der Waals surface area contributed by atoms with E-state index in [1.807, 2.05) is 36.4 Å². The van der Waals surface area contributed by atoms with Crippen LogP contribution < -0.4 is 5.56 Å². The monoisotopic (exact) mass is 356 g/mol. The maximum absolute atomic E-state index is 12.5. The molecule has 0 saturated heterocycles. The molecule has 3 aromatic rings. The number of aromatic nitrogens is 2. The van der Waals surface area contributed by atoms with Gasteiger partial charge in [0.1, 0.15) is 5.65 Å². The first-order chi connectivity index (χ1) is 10.7. The van der Waals surface area contributed by atoms with Gasteiger partial charge in [-0.2, -0.15) is 0 Å². The fraction of sp³-hybridized carbons (Fsp3) is 0.222. The molecule has 0 saturated carbocycles. The smallest absolute Gasteiger partial charge is 0.252 e. The van der Waals surface area contributed by atoms with Crippen LogP contribution in [0.1, 0.15) is 19.8 Å². The van der Waals surface area contributed by atoms with Crippen molar-refractivity contribution in [1.29, 1.82) is 0 Å². The molecule has 0 atom stereocenters. The number of aryl methyl sites for hydroxylation is 1. The number of benzene rings is 1. The molecule has 2 heterocycles. The molecule has 0 spiro atoms. The lowest BCUT2D eigenvalue weighted by atomic mass is 10.0. The summed E-state index contributed by atoms with van der Waals surface area (Å²) in [5.74, 6) is 0. The Morgan fingerprint density at radius 2 is 2.05 bits per heavy atom. The van der Waals surface area contributed by atoms with Crippen LogP contribution in [0.2, 0.25) is 0 Å². The Kier molecular flexibility index (Phi) is 4.39. The molecule has 0 amide bonds. The van der Waals surface area contributed by atoms with Gasteiger partial charge in [0, 0.05) is 28.7 Å². The molecule has 0 aliphatic rings. The largest absolute Gasteiger partial charge is 0.293 e. The zero-order valence-corrected chi connectivity index (χ0v) is 14.0. The summed E-state index contributed by atoms with van der Waals surface area (Å²) >= 11 is 3.49. The van der Waals surface area contributed by atoms with Crippen molar-refractivity contribution in [2.24, 2.45) is 0 Å². The standard InChI is InChI=1S/C18H17BrN2O/c1-2-3-10-21-17(22)12-16(13-6-4-7-14(19)11-13)15-8-5-9-20-18(15)21/h4-9,11-12H,2-3,10H2,1H3. The molecule has 4 heteroatoms. The number of fused-ring (bicyclic) bond motifs is 1. The first kappa shape index (κ1) is 15.0. The minimum absolute atomic E-state index is 0.00891. The van der Waals surface area contributed by atoms with Gasteiger partial charge in [-0.25, -0.2) is 4.98 Å². The predicted octanol–water partition coefficient (Wildman–Crippen LogP) is 4.63. The highest BCUT2D eigenvalue weighted by Crippen LogP contribution is 2.28. The topological polar surface area (TPSA) is 34.9 Å². The van der Waals surface area contributed by atoms with E-state index in [0.717, 1.165) is 39.5 Å². The van der Waals surface area contributed by atoms with Crippen molar-refractivity contribution >= 4 is 27.0 Å². The summed E-state index contributed by atoms with van der Waals surface area (Å²) in [5.41, 5.74) is 2.72. The van der Waals surface area contributed by atoms with Crippen molar-refractivity contribution in [3.63, 3.8) is 0 Å². The maximum atomic E-state index is 12.5. The molecule has 1 aromatic carbocycles. The summed E-state index contributed by atoms with van der Waals surface area (Å²) in [4.78, 5) is 17.0. The van der Waals surface area contributed by atoms with Gasteiger partial charge in [0.05, 0.1) is 0 Å². The van der Waals surface area contributed by atoms with Gasteiger partial charge >= 0.3 is 0 Å². The van der Waals surface area contributed by atoms with E-state index in [1.54, 1.807) is 16.8 Å². The fourth-order valence-electron chi connectivity index (χ4n) is 2.63. The Morgan fingerprint density at radius 3 is 2.82 bits per heavy atom. The van der Waals surface area contributed by atoms with Crippen LogP contribution in [0.25, 0.3) is 22.2 Å². The van der Waals surface area contributed by atoms with Crippen LogP contribution in [0.5, 0.6) is 0 Å². The summed E-state index contributed by atoms with van der Waals surface area (Å²) in [6, 6.07) is 13.7. The molecule has 0 N–H and O–H groups in total. The van der Waals surface area contributed by atoms with Gasteiger partial charge in [-0.3, -0.25) is 9.36 Å². The van der Waals surface area contributed by atoms with Crippen molar-refractivity contribution in [2.75, 3.05) is 0 Å². The van der Waals surface area contributed by atoms with Crippen LogP contribution in [0.4, 0.5) is 0 Å². The van der Waals surface area contributed by atoms with E-state index < -0.39 is 0 Å². The van der Waals surface area contributed by atoms with Crippen LogP contribution in [0, 0.1) is 0 Å². The average Bonchev–Trinajstić information content (AvgIpc) is 2.53. The lowest BCUT2D eigenvalue weighted by Gasteiger charge is -2.12. The Bertz CT molecular complexity index is 870. The lowest BCUT2D eigenvalue weighted by Crippen LogP contribution is -2.21. The second-order valence-corrected chi connectivity index (χ2v) is 6.20. The van der Waals surface area contributed by atoms with Crippen LogP contribution in [-0.2, 0) is 6.54 Å². The Balaban J connectivity index is 2.27. The second-order valence-electron chi connectivity index (χ2n) is 5.29. The molecule has 0 unspecified atom stereocenters. The van der Waals surface area contributed by atoms with E-state index in [4.69, 9.17) is 0 Å². The normalized spacial score (nSPS) is 11.0. The summed E-state index contributed by atoms with van der Waals surface area (Å²) in [7, 11) is 0. The van der Waals surface area contributed by atoms with Gasteiger partial charge in [-0.1, -0.05) is 41.4 Å². The van der Waals surface area contributed by atoms with Crippen LogP contribution in [0.3, 0.4) is 0 Å². The van der Waals surface area contributed by atoms with Gasteiger partial charge in [-0.05, 0) is 41.8 Å². The van der Waals surface area contributed by atoms with E-state index in [2.05, 4.69) is 27.8 Å². The Hall–Kier alpha value is -1.94. The minimum Gasteiger partial charge on any atom is -0.293 e. The highest BCUT2D eigenvalue weighted by Gasteiger charge is 2.11. The maximum Gasteiger partial charge on any atom is 0.252 e. The zero-order valence-electron chi connectivity index (χ0n) is 12.4. The van der Waals surface area contributed by atoms with Crippen LogP contribution in [0.15, 0.2) is 57.9 Å². The van der Waals surface area contributed by atoms with Crippen molar-refractivity contribution in [1.82, 2.24) is 9.55 Å². The summed E-state index contributed by atoms with van der Waals surface area (Å²) < 4.78 is 2.78. The summed E-state index contributed by atoms with van der Waals surface area (Å²) in [6.45, 7) is 2.83. The van der Waals surface area contributed by atoms with Gasteiger partial charge in [0.15, 0.2) is 0 Å². The molecular weight excluding hydrogens is 340 g/mol. The van der Waals surface area contributed by atoms with Crippen LogP contribution in [-0.4, -0.2) is 9.55 Å². The van der Waals surface area contributed by atoms with Crippen molar-refractivity contribution < 1.29 is 0 Å². The number of hydrogen-bond donors (Lipinski definition) is 0. The Morgan fingerprint density at radius 1 is 1.18 bits per heavy atom. The first-order valence-electron chi connectivity index (χ1n) is 7.45. The van der Waals surface area contributed by atoms with Crippen molar-refractivity contribution in [2.45, 2.75) is 26.3 Å². The summed E-state index contributed by atoms with van der Waals surface area (Å²) in [6.07, 6.45) is 3.77. The molecule has 3 nitrogen and oxygen atoms in total.